The number of hydrogen-bond acceptors (Lipinski definition) is 4. The van der Waals surface area contributed by atoms with Gasteiger partial charge in [0.15, 0.2) is 0 Å². The third-order valence-corrected chi connectivity index (χ3v) is 7.66. The molecule has 1 aliphatic heterocycles. The minimum Gasteiger partial charge on any atom is -0.480 e. The minimum atomic E-state index is -1.02. The highest BCUT2D eigenvalue weighted by molar-refractivity contribution is 5.90. The lowest BCUT2D eigenvalue weighted by atomic mass is 9.84. The molecule has 4 rings (SSSR count). The zero-order chi connectivity index (χ0) is 25.3. The summed E-state index contributed by atoms with van der Waals surface area (Å²) in [6.07, 6.45) is 0.568. The topological polar surface area (TPSA) is 95.9 Å². The van der Waals surface area contributed by atoms with Crippen molar-refractivity contribution in [2.24, 2.45) is 11.3 Å². The maximum absolute atomic E-state index is 13.5. The molecule has 2 N–H and O–H groups in total. The molecule has 1 fully saturated rings. The van der Waals surface area contributed by atoms with Gasteiger partial charge in [0, 0.05) is 12.5 Å². The van der Waals surface area contributed by atoms with Crippen molar-refractivity contribution in [2.75, 3.05) is 13.2 Å². The van der Waals surface area contributed by atoms with E-state index in [0.29, 0.717) is 19.4 Å². The lowest BCUT2D eigenvalue weighted by molar-refractivity contribution is -0.152. The fourth-order valence-electron chi connectivity index (χ4n) is 5.43. The second kappa shape index (κ2) is 9.72. The van der Waals surface area contributed by atoms with Gasteiger partial charge in [-0.25, -0.2) is 9.59 Å². The maximum Gasteiger partial charge on any atom is 0.407 e. The molecule has 1 saturated heterocycles. The number of hydrogen-bond donors (Lipinski definition) is 2. The Morgan fingerprint density at radius 1 is 1.09 bits per heavy atom. The number of benzene rings is 2. The number of carboxylic acid groups (broad SMARTS) is 1. The molecule has 1 aliphatic carbocycles. The third-order valence-electron chi connectivity index (χ3n) is 7.66. The second-order valence-electron chi connectivity index (χ2n) is 10.3. The van der Waals surface area contributed by atoms with Crippen molar-refractivity contribution in [3.63, 3.8) is 0 Å². The van der Waals surface area contributed by atoms with Gasteiger partial charge in [-0.1, -0.05) is 82.6 Å². The third kappa shape index (κ3) is 4.64. The number of amides is 2. The molecule has 186 valence electrons. The molecule has 35 heavy (non-hydrogen) atoms. The first kappa shape index (κ1) is 24.8. The Hall–Kier alpha value is -3.35. The fourth-order valence-corrected chi connectivity index (χ4v) is 5.43. The number of fused-ring (bicyclic) bond motifs is 3. The van der Waals surface area contributed by atoms with Gasteiger partial charge in [-0.05, 0) is 40.0 Å². The average molecular weight is 479 g/mol. The Bertz CT molecular complexity index is 1080. The van der Waals surface area contributed by atoms with Gasteiger partial charge in [0.25, 0.3) is 0 Å². The maximum atomic E-state index is 13.5. The second-order valence-corrected chi connectivity index (χ2v) is 10.3. The lowest BCUT2D eigenvalue weighted by Gasteiger charge is -2.33. The summed E-state index contributed by atoms with van der Waals surface area (Å²) in [5, 5.41) is 12.5. The normalized spacial score (nSPS) is 20.0. The van der Waals surface area contributed by atoms with E-state index >= 15 is 0 Å². The van der Waals surface area contributed by atoms with E-state index in [1.54, 1.807) is 0 Å². The number of alkyl carbamates (subject to hydrolysis) is 1. The molecule has 0 saturated carbocycles. The molecular weight excluding hydrogens is 444 g/mol. The van der Waals surface area contributed by atoms with Crippen LogP contribution in [0.15, 0.2) is 48.5 Å². The largest absolute Gasteiger partial charge is 0.480 e. The van der Waals surface area contributed by atoms with E-state index in [4.69, 9.17) is 4.74 Å². The smallest absolute Gasteiger partial charge is 0.407 e. The molecule has 2 aliphatic rings. The zero-order valence-electron chi connectivity index (χ0n) is 20.8. The molecule has 0 bridgehead atoms. The van der Waals surface area contributed by atoms with E-state index in [9.17, 15) is 19.5 Å². The van der Waals surface area contributed by atoms with Crippen LogP contribution in [0, 0.1) is 11.3 Å². The summed E-state index contributed by atoms with van der Waals surface area (Å²) >= 11 is 0. The predicted molar refractivity (Wildman–Crippen MR) is 133 cm³/mol. The number of likely N-dealkylation sites (tertiary alicyclic amines) is 1. The fraction of sp³-hybridized carbons (Fsp3) is 0.464. The SMILES string of the molecule is CC[C@H](C)[C@H](NC(=O)OCC1c2ccccc2-c2ccccc21)C(=O)N1CCC(C)(C)C1C(=O)O. The number of carbonyl (C=O) groups excluding carboxylic acids is 2. The van der Waals surface area contributed by atoms with E-state index in [2.05, 4.69) is 17.4 Å². The number of ether oxygens (including phenoxy) is 1. The lowest BCUT2D eigenvalue weighted by Crippen LogP contribution is -2.56. The number of rotatable bonds is 7. The van der Waals surface area contributed by atoms with E-state index in [-0.39, 0.29) is 24.3 Å². The quantitative estimate of drug-likeness (QED) is 0.604. The molecule has 1 heterocycles. The number of carbonyl (C=O) groups is 3. The molecule has 7 heteroatoms. The van der Waals surface area contributed by atoms with Crippen LogP contribution in [-0.4, -0.2) is 53.2 Å². The van der Waals surface area contributed by atoms with Crippen molar-refractivity contribution in [3.8, 4) is 11.1 Å². The van der Waals surface area contributed by atoms with Crippen LogP contribution in [0.1, 0.15) is 57.6 Å². The molecule has 2 amide bonds. The monoisotopic (exact) mass is 478 g/mol. The summed E-state index contributed by atoms with van der Waals surface area (Å²) < 4.78 is 5.66. The van der Waals surface area contributed by atoms with Crippen LogP contribution >= 0.6 is 0 Å². The number of nitrogens with one attached hydrogen (secondary N) is 1. The molecule has 7 nitrogen and oxygen atoms in total. The summed E-state index contributed by atoms with van der Waals surface area (Å²) in [4.78, 5) is 39.7. The highest BCUT2D eigenvalue weighted by atomic mass is 16.5. The molecule has 0 radical (unpaired) electrons. The van der Waals surface area contributed by atoms with Crippen LogP contribution in [0.5, 0.6) is 0 Å². The Morgan fingerprint density at radius 3 is 2.20 bits per heavy atom. The first-order valence-corrected chi connectivity index (χ1v) is 12.3. The van der Waals surface area contributed by atoms with Gasteiger partial charge in [0.1, 0.15) is 18.7 Å². The van der Waals surface area contributed by atoms with Gasteiger partial charge >= 0.3 is 12.1 Å². The van der Waals surface area contributed by atoms with Crippen LogP contribution < -0.4 is 5.32 Å². The summed E-state index contributed by atoms with van der Waals surface area (Å²) in [5.41, 5.74) is 3.96. The number of aliphatic carboxylic acids is 1. The molecule has 3 atom stereocenters. The van der Waals surface area contributed by atoms with E-state index in [1.807, 2.05) is 64.1 Å². The zero-order valence-corrected chi connectivity index (χ0v) is 20.8. The minimum absolute atomic E-state index is 0.0818. The first-order valence-electron chi connectivity index (χ1n) is 12.3. The first-order chi connectivity index (χ1) is 16.7. The van der Waals surface area contributed by atoms with Gasteiger partial charge in [-0.2, -0.15) is 0 Å². The predicted octanol–water partition coefficient (Wildman–Crippen LogP) is 4.65. The Balaban J connectivity index is 1.48. The van der Waals surface area contributed by atoms with E-state index in [0.717, 1.165) is 22.3 Å². The van der Waals surface area contributed by atoms with Crippen molar-refractivity contribution in [2.45, 2.75) is 58.5 Å². The summed E-state index contributed by atoms with van der Waals surface area (Å²) in [6, 6.07) is 14.4. The summed E-state index contributed by atoms with van der Waals surface area (Å²) in [5.74, 6) is -1.65. The summed E-state index contributed by atoms with van der Waals surface area (Å²) in [7, 11) is 0. The van der Waals surface area contributed by atoms with Gasteiger partial charge in [0.05, 0.1) is 0 Å². The van der Waals surface area contributed by atoms with Crippen molar-refractivity contribution < 1.29 is 24.2 Å². The standard InChI is InChI=1S/C28H34N2O5/c1-5-17(2)23(25(31)30-15-14-28(3,4)24(30)26(32)33)29-27(34)35-16-22-20-12-8-6-10-18(20)19-11-7-9-13-21(19)22/h6-13,17,22-24H,5,14-16H2,1-4H3,(H,29,34)(H,32,33)/t17-,23-,24?/m0/s1. The van der Waals surface area contributed by atoms with Gasteiger partial charge < -0.3 is 20.1 Å². The molecule has 1 unspecified atom stereocenters. The molecule has 2 aromatic carbocycles. The summed E-state index contributed by atoms with van der Waals surface area (Å²) in [6.45, 7) is 8.03. The van der Waals surface area contributed by atoms with Crippen LogP contribution in [0.2, 0.25) is 0 Å². The van der Waals surface area contributed by atoms with Crippen molar-refractivity contribution in [3.05, 3.63) is 59.7 Å². The van der Waals surface area contributed by atoms with Crippen LogP contribution in [0.4, 0.5) is 4.79 Å². The molecule has 0 aromatic heterocycles. The van der Waals surface area contributed by atoms with Gasteiger partial charge in [-0.15, -0.1) is 0 Å². The van der Waals surface area contributed by atoms with Gasteiger partial charge in [0.2, 0.25) is 5.91 Å². The van der Waals surface area contributed by atoms with Gasteiger partial charge in [-0.3, -0.25) is 4.79 Å². The number of carboxylic acids is 1. The molecular formula is C28H34N2O5. The van der Waals surface area contributed by atoms with E-state index in [1.165, 1.54) is 4.90 Å². The Morgan fingerprint density at radius 2 is 1.66 bits per heavy atom. The Labute approximate surface area is 206 Å². The van der Waals surface area contributed by atoms with Crippen LogP contribution in [-0.2, 0) is 14.3 Å². The average Bonchev–Trinajstić information content (AvgIpc) is 3.34. The van der Waals surface area contributed by atoms with Crippen LogP contribution in [0.3, 0.4) is 0 Å². The van der Waals surface area contributed by atoms with Crippen molar-refractivity contribution in [1.29, 1.82) is 0 Å². The molecule has 0 spiro atoms. The Kier molecular flexibility index (Phi) is 6.88. The van der Waals surface area contributed by atoms with E-state index < -0.39 is 29.6 Å². The number of nitrogens with zero attached hydrogens (tertiary/aromatic N) is 1. The highest BCUT2D eigenvalue weighted by Gasteiger charge is 2.49. The van der Waals surface area contributed by atoms with Crippen molar-refractivity contribution in [1.82, 2.24) is 10.2 Å². The molecule has 2 aromatic rings. The van der Waals surface area contributed by atoms with Crippen molar-refractivity contribution >= 4 is 18.0 Å². The highest BCUT2D eigenvalue weighted by Crippen LogP contribution is 2.44. The van der Waals surface area contributed by atoms with Crippen LogP contribution in [0.25, 0.3) is 11.1 Å².